The van der Waals surface area contributed by atoms with Gasteiger partial charge in [-0.2, -0.15) is 0 Å². The standard InChI is InChI=1S/C11H19ClN2O2/c1-11(2,7-12)10(16)14-6-5-13-9(15)8-3-4-8/h8H,3-7H2,1-2H3,(H,13,15)(H,14,16). The maximum absolute atomic E-state index is 11.6. The van der Waals surface area contributed by atoms with Crippen molar-refractivity contribution in [3.05, 3.63) is 0 Å². The molecule has 0 unspecified atom stereocenters. The minimum atomic E-state index is -0.554. The number of halogens is 1. The topological polar surface area (TPSA) is 58.2 Å². The first kappa shape index (κ1) is 13.3. The molecular weight excluding hydrogens is 228 g/mol. The molecule has 1 aliphatic carbocycles. The van der Waals surface area contributed by atoms with Gasteiger partial charge in [0.15, 0.2) is 0 Å². The van der Waals surface area contributed by atoms with E-state index in [2.05, 4.69) is 10.6 Å². The van der Waals surface area contributed by atoms with Crippen LogP contribution in [-0.2, 0) is 9.59 Å². The Morgan fingerprint density at radius 2 is 1.81 bits per heavy atom. The molecule has 1 saturated carbocycles. The Bertz CT molecular complexity index is 275. The highest BCUT2D eigenvalue weighted by Crippen LogP contribution is 2.28. The molecule has 0 spiro atoms. The van der Waals surface area contributed by atoms with Gasteiger partial charge < -0.3 is 10.6 Å². The molecule has 5 heteroatoms. The number of amides is 2. The number of nitrogens with one attached hydrogen (secondary N) is 2. The van der Waals surface area contributed by atoms with E-state index < -0.39 is 5.41 Å². The van der Waals surface area contributed by atoms with E-state index in [0.29, 0.717) is 13.1 Å². The zero-order valence-electron chi connectivity index (χ0n) is 9.81. The van der Waals surface area contributed by atoms with Crippen LogP contribution in [0.25, 0.3) is 0 Å². The van der Waals surface area contributed by atoms with Crippen LogP contribution in [0.2, 0.25) is 0 Å². The van der Waals surface area contributed by atoms with Crippen LogP contribution in [0.5, 0.6) is 0 Å². The van der Waals surface area contributed by atoms with E-state index in [4.69, 9.17) is 11.6 Å². The molecule has 0 aromatic rings. The lowest BCUT2D eigenvalue weighted by atomic mass is 9.95. The lowest BCUT2D eigenvalue weighted by Gasteiger charge is -2.20. The fourth-order valence-electron chi connectivity index (χ4n) is 1.15. The Morgan fingerprint density at radius 1 is 1.25 bits per heavy atom. The predicted octanol–water partition coefficient (Wildman–Crippen LogP) is 0.894. The van der Waals surface area contributed by atoms with Crippen LogP contribution >= 0.6 is 11.6 Å². The van der Waals surface area contributed by atoms with Gasteiger partial charge in [-0.3, -0.25) is 9.59 Å². The van der Waals surface area contributed by atoms with E-state index in [0.717, 1.165) is 12.8 Å². The number of carbonyl (C=O) groups is 2. The maximum atomic E-state index is 11.6. The van der Waals surface area contributed by atoms with Crippen LogP contribution < -0.4 is 10.6 Å². The first-order valence-electron chi connectivity index (χ1n) is 5.59. The van der Waals surface area contributed by atoms with Crippen molar-refractivity contribution in [2.75, 3.05) is 19.0 Å². The average molecular weight is 247 g/mol. The largest absolute Gasteiger partial charge is 0.354 e. The molecule has 0 atom stereocenters. The van der Waals surface area contributed by atoms with Crippen molar-refractivity contribution in [2.45, 2.75) is 26.7 Å². The summed E-state index contributed by atoms with van der Waals surface area (Å²) in [6, 6.07) is 0. The SMILES string of the molecule is CC(C)(CCl)C(=O)NCCNC(=O)C1CC1. The van der Waals surface area contributed by atoms with Crippen LogP contribution in [0.3, 0.4) is 0 Å². The van der Waals surface area contributed by atoms with Crippen LogP contribution in [0.15, 0.2) is 0 Å². The third-order valence-corrected chi connectivity index (χ3v) is 3.27. The summed E-state index contributed by atoms with van der Waals surface area (Å²) in [6.07, 6.45) is 1.99. The Morgan fingerprint density at radius 3 is 2.31 bits per heavy atom. The third kappa shape index (κ3) is 4.00. The molecule has 2 N–H and O–H groups in total. The Kier molecular flexibility index (Phi) is 4.59. The molecular formula is C11H19ClN2O2. The third-order valence-electron chi connectivity index (χ3n) is 2.61. The summed E-state index contributed by atoms with van der Waals surface area (Å²) in [6.45, 7) is 4.52. The lowest BCUT2D eigenvalue weighted by molar-refractivity contribution is -0.128. The van der Waals surface area contributed by atoms with Crippen LogP contribution in [0.4, 0.5) is 0 Å². The number of hydrogen-bond donors (Lipinski definition) is 2. The fourth-order valence-corrected chi connectivity index (χ4v) is 1.27. The van der Waals surface area contributed by atoms with Gasteiger partial charge in [-0.25, -0.2) is 0 Å². The second-order valence-corrected chi connectivity index (χ2v) is 5.11. The summed E-state index contributed by atoms with van der Waals surface area (Å²) in [5.74, 6) is 0.525. The summed E-state index contributed by atoms with van der Waals surface area (Å²) >= 11 is 5.67. The minimum Gasteiger partial charge on any atom is -0.354 e. The molecule has 0 radical (unpaired) electrons. The van der Waals surface area contributed by atoms with E-state index in [9.17, 15) is 9.59 Å². The molecule has 0 heterocycles. The van der Waals surface area contributed by atoms with Crippen molar-refractivity contribution in [3.63, 3.8) is 0 Å². The number of hydrogen-bond acceptors (Lipinski definition) is 2. The van der Waals surface area contributed by atoms with E-state index in [-0.39, 0.29) is 23.6 Å². The molecule has 0 aromatic heterocycles. The van der Waals surface area contributed by atoms with Crippen molar-refractivity contribution in [3.8, 4) is 0 Å². The quantitative estimate of drug-likeness (QED) is 0.540. The minimum absolute atomic E-state index is 0.0804. The van der Waals surface area contributed by atoms with Gasteiger partial charge in [-0.05, 0) is 26.7 Å². The molecule has 4 nitrogen and oxygen atoms in total. The summed E-state index contributed by atoms with van der Waals surface area (Å²) < 4.78 is 0. The maximum Gasteiger partial charge on any atom is 0.226 e. The number of rotatable bonds is 6. The van der Waals surface area contributed by atoms with Crippen molar-refractivity contribution < 1.29 is 9.59 Å². The predicted molar refractivity (Wildman–Crippen MR) is 63.2 cm³/mol. The van der Waals surface area contributed by atoms with Gasteiger partial charge in [0.05, 0.1) is 5.41 Å². The van der Waals surface area contributed by atoms with Crippen LogP contribution in [0.1, 0.15) is 26.7 Å². The molecule has 92 valence electrons. The molecule has 16 heavy (non-hydrogen) atoms. The van der Waals surface area contributed by atoms with Gasteiger partial charge in [-0.15, -0.1) is 11.6 Å². The van der Waals surface area contributed by atoms with Crippen LogP contribution in [0, 0.1) is 11.3 Å². The average Bonchev–Trinajstić information content (AvgIpc) is 3.07. The second-order valence-electron chi connectivity index (χ2n) is 4.84. The van der Waals surface area contributed by atoms with Gasteiger partial charge in [-0.1, -0.05) is 0 Å². The van der Waals surface area contributed by atoms with Gasteiger partial charge in [0.1, 0.15) is 0 Å². The molecule has 1 rings (SSSR count). The Balaban J connectivity index is 2.10. The smallest absolute Gasteiger partial charge is 0.226 e. The molecule has 0 saturated heterocycles. The highest BCUT2D eigenvalue weighted by atomic mass is 35.5. The molecule has 0 bridgehead atoms. The van der Waals surface area contributed by atoms with E-state index in [1.54, 1.807) is 13.8 Å². The summed E-state index contributed by atoms with van der Waals surface area (Å²) in [5.41, 5.74) is -0.554. The summed E-state index contributed by atoms with van der Waals surface area (Å²) in [7, 11) is 0. The second kappa shape index (κ2) is 5.53. The van der Waals surface area contributed by atoms with E-state index in [1.165, 1.54) is 0 Å². The highest BCUT2D eigenvalue weighted by molar-refractivity contribution is 6.19. The summed E-state index contributed by atoms with van der Waals surface area (Å²) in [5, 5.41) is 5.53. The lowest BCUT2D eigenvalue weighted by Crippen LogP contribution is -2.42. The van der Waals surface area contributed by atoms with Crippen molar-refractivity contribution >= 4 is 23.4 Å². The van der Waals surface area contributed by atoms with Crippen molar-refractivity contribution in [1.29, 1.82) is 0 Å². The van der Waals surface area contributed by atoms with Gasteiger partial charge >= 0.3 is 0 Å². The van der Waals surface area contributed by atoms with Gasteiger partial charge in [0.2, 0.25) is 11.8 Å². The normalized spacial score (nSPS) is 15.7. The first-order valence-corrected chi connectivity index (χ1v) is 6.13. The van der Waals surface area contributed by atoms with Crippen molar-refractivity contribution in [1.82, 2.24) is 10.6 Å². The van der Waals surface area contributed by atoms with E-state index >= 15 is 0 Å². The molecule has 0 aromatic carbocycles. The van der Waals surface area contributed by atoms with Crippen molar-refractivity contribution in [2.24, 2.45) is 11.3 Å². The van der Waals surface area contributed by atoms with Crippen LogP contribution in [-0.4, -0.2) is 30.8 Å². The molecule has 2 amide bonds. The first-order chi connectivity index (χ1) is 7.47. The number of alkyl halides is 1. The highest BCUT2D eigenvalue weighted by Gasteiger charge is 2.29. The van der Waals surface area contributed by atoms with Gasteiger partial charge in [0, 0.05) is 24.9 Å². The zero-order chi connectivity index (χ0) is 12.2. The molecule has 1 aliphatic rings. The Hall–Kier alpha value is -0.770. The fraction of sp³-hybridized carbons (Fsp3) is 0.818. The zero-order valence-corrected chi connectivity index (χ0v) is 10.6. The molecule has 1 fully saturated rings. The summed E-state index contributed by atoms with van der Waals surface area (Å²) in [4.78, 5) is 22.8. The number of carbonyl (C=O) groups excluding carboxylic acids is 2. The van der Waals surface area contributed by atoms with Gasteiger partial charge in [0.25, 0.3) is 0 Å². The monoisotopic (exact) mass is 246 g/mol. The molecule has 0 aliphatic heterocycles. The Labute approximate surface area is 101 Å². The van der Waals surface area contributed by atoms with E-state index in [1.807, 2.05) is 0 Å².